The number of carbonyl (C=O) groups excluding carboxylic acids is 1. The van der Waals surface area contributed by atoms with Gasteiger partial charge in [0.15, 0.2) is 0 Å². The molecule has 0 aromatic heterocycles. The minimum Gasteiger partial charge on any atom is -0.497 e. The van der Waals surface area contributed by atoms with Gasteiger partial charge in [-0.25, -0.2) is 8.42 Å². The average molecular weight is 577 g/mol. The van der Waals surface area contributed by atoms with Crippen LogP contribution in [0.1, 0.15) is 38.7 Å². The largest absolute Gasteiger partial charge is 0.497 e. The van der Waals surface area contributed by atoms with Gasteiger partial charge in [-0.05, 0) is 65.6 Å². The molecular formula is C35H32N2O4S. The minimum absolute atomic E-state index is 0.0411. The fraction of sp³-hybridized carbons (Fsp3) is 0.114. The van der Waals surface area contributed by atoms with E-state index in [0.717, 1.165) is 22.3 Å². The zero-order chi connectivity index (χ0) is 29.5. The summed E-state index contributed by atoms with van der Waals surface area (Å²) < 4.78 is 34.9. The Bertz CT molecular complexity index is 1760. The smallest absolute Gasteiger partial charge is 0.264 e. The van der Waals surface area contributed by atoms with Gasteiger partial charge in [-0.3, -0.25) is 9.10 Å². The normalized spacial score (nSPS) is 11.9. The van der Waals surface area contributed by atoms with Crippen LogP contribution in [0.15, 0.2) is 138 Å². The van der Waals surface area contributed by atoms with Gasteiger partial charge in [-0.2, -0.15) is 0 Å². The lowest BCUT2D eigenvalue weighted by Gasteiger charge is -2.28. The fourth-order valence-corrected chi connectivity index (χ4v) is 6.38. The van der Waals surface area contributed by atoms with Crippen LogP contribution in [0.5, 0.6) is 5.75 Å². The van der Waals surface area contributed by atoms with Gasteiger partial charge >= 0.3 is 0 Å². The van der Waals surface area contributed by atoms with Crippen LogP contribution >= 0.6 is 0 Å². The van der Waals surface area contributed by atoms with E-state index >= 15 is 0 Å². The average Bonchev–Trinajstić information content (AvgIpc) is 3.03. The van der Waals surface area contributed by atoms with E-state index in [-0.39, 0.29) is 28.6 Å². The van der Waals surface area contributed by atoms with Crippen LogP contribution in [0.3, 0.4) is 0 Å². The lowest BCUT2D eigenvalue weighted by Crippen LogP contribution is -2.35. The highest BCUT2D eigenvalue weighted by Gasteiger charge is 2.30. The molecule has 5 aromatic rings. The number of nitrogens with zero attached hydrogens (tertiary/aromatic N) is 1. The van der Waals surface area contributed by atoms with E-state index in [4.69, 9.17) is 4.74 Å². The molecule has 0 aliphatic carbocycles. The first-order valence-electron chi connectivity index (χ1n) is 13.6. The first-order chi connectivity index (χ1) is 20.4. The SMILES string of the molecule is COc1ccc(S(=O)(=O)N(Cc2ccccc2)c2ccccc2C(=O)N[C@@H](c2ccccc2)c2ccccc2C)cc1. The number of carbonyl (C=O) groups is 1. The third-order valence-electron chi connectivity index (χ3n) is 7.14. The number of sulfonamides is 1. The highest BCUT2D eigenvalue weighted by Crippen LogP contribution is 2.32. The number of benzene rings is 5. The van der Waals surface area contributed by atoms with Crippen LogP contribution in [-0.2, 0) is 16.6 Å². The van der Waals surface area contributed by atoms with Crippen molar-refractivity contribution in [1.29, 1.82) is 0 Å². The van der Waals surface area contributed by atoms with E-state index in [0.29, 0.717) is 5.75 Å². The maximum absolute atomic E-state index is 14.2. The fourth-order valence-electron chi connectivity index (χ4n) is 4.91. The Morgan fingerprint density at radius 3 is 2.02 bits per heavy atom. The third kappa shape index (κ3) is 6.21. The van der Waals surface area contributed by atoms with Gasteiger partial charge in [0.2, 0.25) is 0 Å². The Balaban J connectivity index is 1.58. The molecule has 6 nitrogen and oxygen atoms in total. The van der Waals surface area contributed by atoms with Crippen molar-refractivity contribution in [3.63, 3.8) is 0 Å². The Morgan fingerprint density at radius 1 is 0.762 bits per heavy atom. The lowest BCUT2D eigenvalue weighted by molar-refractivity contribution is 0.0943. The van der Waals surface area contributed by atoms with Gasteiger partial charge in [0.05, 0.1) is 35.8 Å². The molecule has 0 aliphatic rings. The van der Waals surface area contributed by atoms with E-state index in [1.807, 2.05) is 91.9 Å². The number of hydrogen-bond donors (Lipinski definition) is 1. The number of nitrogens with one attached hydrogen (secondary N) is 1. The Kier molecular flexibility index (Phi) is 8.69. The summed E-state index contributed by atoms with van der Waals surface area (Å²) in [4.78, 5) is 14.2. The predicted molar refractivity (Wildman–Crippen MR) is 166 cm³/mol. The van der Waals surface area contributed by atoms with Crippen LogP contribution in [0.2, 0.25) is 0 Å². The number of aryl methyl sites for hydroxylation is 1. The lowest BCUT2D eigenvalue weighted by atomic mass is 9.94. The summed E-state index contributed by atoms with van der Waals surface area (Å²) in [6.45, 7) is 2.05. The zero-order valence-electron chi connectivity index (χ0n) is 23.5. The molecule has 0 unspecified atom stereocenters. The van der Waals surface area contributed by atoms with Gasteiger partial charge in [0.1, 0.15) is 5.75 Å². The molecule has 0 aliphatic heterocycles. The molecule has 5 aromatic carbocycles. The summed E-state index contributed by atoms with van der Waals surface area (Å²) in [5, 5.41) is 3.20. The molecule has 0 bridgehead atoms. The second kappa shape index (κ2) is 12.7. The predicted octanol–water partition coefficient (Wildman–Crippen LogP) is 6.92. The number of methoxy groups -OCH3 is 1. The van der Waals surface area contributed by atoms with Crippen molar-refractivity contribution in [1.82, 2.24) is 5.32 Å². The van der Waals surface area contributed by atoms with Gasteiger partial charge < -0.3 is 10.1 Å². The summed E-state index contributed by atoms with van der Waals surface area (Å²) in [5.41, 5.74) is 4.23. The zero-order valence-corrected chi connectivity index (χ0v) is 24.3. The molecule has 212 valence electrons. The highest BCUT2D eigenvalue weighted by molar-refractivity contribution is 7.92. The summed E-state index contributed by atoms with van der Waals surface area (Å²) in [7, 11) is -2.55. The molecule has 1 amide bonds. The van der Waals surface area contributed by atoms with Crippen molar-refractivity contribution in [3.8, 4) is 5.75 Å². The van der Waals surface area contributed by atoms with Crippen molar-refractivity contribution >= 4 is 21.6 Å². The molecule has 0 spiro atoms. The molecule has 0 radical (unpaired) electrons. The maximum Gasteiger partial charge on any atom is 0.264 e. The number of ether oxygens (including phenoxy) is 1. The van der Waals surface area contributed by atoms with Crippen LogP contribution in [0, 0.1) is 6.92 Å². The summed E-state index contributed by atoms with van der Waals surface area (Å²) in [6, 6.07) is 39.6. The monoisotopic (exact) mass is 576 g/mol. The molecule has 0 saturated carbocycles. The molecule has 0 saturated heterocycles. The van der Waals surface area contributed by atoms with Crippen molar-refractivity contribution in [2.45, 2.75) is 24.4 Å². The van der Waals surface area contributed by atoms with Crippen molar-refractivity contribution in [2.24, 2.45) is 0 Å². The summed E-state index contributed by atoms with van der Waals surface area (Å²) in [6.07, 6.45) is 0. The van der Waals surface area contributed by atoms with E-state index in [1.165, 1.54) is 23.5 Å². The number of amides is 1. The molecule has 5 rings (SSSR count). The second-order valence-electron chi connectivity index (χ2n) is 9.86. The van der Waals surface area contributed by atoms with E-state index in [2.05, 4.69) is 5.32 Å². The van der Waals surface area contributed by atoms with Crippen molar-refractivity contribution in [3.05, 3.63) is 161 Å². The first kappa shape index (κ1) is 28.6. The van der Waals surface area contributed by atoms with E-state index < -0.39 is 16.1 Å². The first-order valence-corrected chi connectivity index (χ1v) is 15.0. The molecule has 0 heterocycles. The van der Waals surface area contributed by atoms with Gasteiger partial charge in [0.25, 0.3) is 15.9 Å². The molecule has 7 heteroatoms. The Labute approximate surface area is 247 Å². The van der Waals surface area contributed by atoms with Gasteiger partial charge in [-0.1, -0.05) is 97.1 Å². The van der Waals surface area contributed by atoms with Crippen LogP contribution < -0.4 is 14.4 Å². The van der Waals surface area contributed by atoms with Crippen LogP contribution in [-0.4, -0.2) is 21.4 Å². The minimum atomic E-state index is -4.08. The third-order valence-corrected chi connectivity index (χ3v) is 8.92. The maximum atomic E-state index is 14.2. The Hall–Kier alpha value is -4.88. The quantitative estimate of drug-likeness (QED) is 0.196. The number of anilines is 1. The molecule has 42 heavy (non-hydrogen) atoms. The standard InChI is InChI=1S/C35H32N2O4S/c1-26-13-9-10-18-31(26)34(28-16-7-4-8-17-28)36-35(38)32-19-11-12-20-33(32)37(25-27-14-5-3-6-15-27)42(39,40)30-23-21-29(41-2)22-24-30/h3-24,34H,25H2,1-2H3,(H,36,38)/t34-/m0/s1. The van der Waals surface area contributed by atoms with Crippen molar-refractivity contribution < 1.29 is 17.9 Å². The topological polar surface area (TPSA) is 75.7 Å². The molecule has 1 atom stereocenters. The van der Waals surface area contributed by atoms with E-state index in [9.17, 15) is 13.2 Å². The van der Waals surface area contributed by atoms with E-state index in [1.54, 1.807) is 36.4 Å². The van der Waals surface area contributed by atoms with Crippen molar-refractivity contribution in [2.75, 3.05) is 11.4 Å². The Morgan fingerprint density at radius 2 is 1.36 bits per heavy atom. The van der Waals surface area contributed by atoms with Crippen LogP contribution in [0.4, 0.5) is 5.69 Å². The molecule has 0 fully saturated rings. The highest BCUT2D eigenvalue weighted by atomic mass is 32.2. The molecular weight excluding hydrogens is 544 g/mol. The second-order valence-corrected chi connectivity index (χ2v) is 11.7. The van der Waals surface area contributed by atoms with Gasteiger partial charge in [-0.15, -0.1) is 0 Å². The number of rotatable bonds is 10. The van der Waals surface area contributed by atoms with Crippen LogP contribution in [0.25, 0.3) is 0 Å². The van der Waals surface area contributed by atoms with Gasteiger partial charge in [0, 0.05) is 0 Å². The summed E-state index contributed by atoms with van der Waals surface area (Å²) in [5.74, 6) is 0.164. The number of para-hydroxylation sites is 1. The number of hydrogen-bond acceptors (Lipinski definition) is 4. The summed E-state index contributed by atoms with van der Waals surface area (Å²) >= 11 is 0. The molecule has 1 N–H and O–H groups in total.